The molecule has 1 atom stereocenters. The molecule has 0 fully saturated rings. The number of nitrogens with two attached hydrogens (primary N) is 1. The molecule has 5 nitrogen and oxygen atoms in total. The van der Waals surface area contributed by atoms with Crippen LogP contribution >= 0.6 is 0 Å². The molecule has 0 aromatic heterocycles. The van der Waals surface area contributed by atoms with Gasteiger partial charge in [0.2, 0.25) is 0 Å². The Labute approximate surface area is 143 Å². The van der Waals surface area contributed by atoms with Gasteiger partial charge >= 0.3 is 101 Å². The summed E-state index contributed by atoms with van der Waals surface area (Å²) in [4.78, 5) is 19.9. The average Bonchev–Trinajstić information content (AvgIpc) is 1.82. The molecule has 0 heterocycles. The zero-order chi connectivity index (χ0) is 8.15. The second kappa shape index (κ2) is 13.9. The van der Waals surface area contributed by atoms with E-state index in [4.69, 9.17) is 15.9 Å². The van der Waals surface area contributed by atoms with Crippen molar-refractivity contribution in [2.45, 2.75) is 18.9 Å². The van der Waals surface area contributed by atoms with Gasteiger partial charge < -0.3 is 15.9 Å². The summed E-state index contributed by atoms with van der Waals surface area (Å²) in [5.41, 5.74) is 5.00. The van der Waals surface area contributed by atoms with Gasteiger partial charge in [-0.1, -0.05) is 0 Å². The number of hydrogen-bond acceptors (Lipinski definition) is 3. The van der Waals surface area contributed by atoms with E-state index in [1.165, 1.54) is 0 Å². The molecule has 1 unspecified atom stereocenters. The number of hydrogen-bond donors (Lipinski definition) is 3. The third-order valence-electron chi connectivity index (χ3n) is 0.986. The maximum atomic E-state index is 9.99. The molecular weight excluding hydrogens is 207 g/mol. The van der Waals surface area contributed by atoms with E-state index < -0.39 is 18.0 Å². The first kappa shape index (κ1) is 24.2. The van der Waals surface area contributed by atoms with Gasteiger partial charge in [-0.2, -0.15) is 0 Å². The van der Waals surface area contributed by atoms with Gasteiger partial charge in [-0.25, -0.2) is 0 Å². The molecule has 0 aromatic carbocycles. The van der Waals surface area contributed by atoms with Crippen LogP contribution in [0.25, 0.3) is 0 Å². The predicted molar refractivity (Wildman–Crippen MR) is 53.9 cm³/mol. The van der Waals surface area contributed by atoms with Crippen molar-refractivity contribution in [2.24, 2.45) is 5.73 Å². The van der Waals surface area contributed by atoms with Crippen LogP contribution < -0.4 is 5.73 Å². The zero-order valence-corrected chi connectivity index (χ0v) is 5.28. The molecule has 0 radical (unpaired) electrons. The van der Waals surface area contributed by atoms with Crippen LogP contribution in [0.2, 0.25) is 0 Å². The maximum absolute atomic E-state index is 9.99. The Hall–Kier alpha value is 1.90. The summed E-state index contributed by atoms with van der Waals surface area (Å²) in [6.07, 6.45) is -0.224. The van der Waals surface area contributed by atoms with Crippen molar-refractivity contribution in [2.75, 3.05) is 0 Å². The van der Waals surface area contributed by atoms with Crippen molar-refractivity contribution in [1.82, 2.24) is 0 Å². The van der Waals surface area contributed by atoms with Gasteiger partial charge in [0.05, 0.1) is 0 Å². The van der Waals surface area contributed by atoms with Crippen molar-refractivity contribution in [1.29, 1.82) is 0 Å². The standard InChI is InChI=1S/C5H9NO4.3Na.3H/c6-3(5(9)10)1-2-4(7)8;;;;;;/h3H,1-2,6H2,(H,7,8)(H,9,10);;;;;;. The Morgan fingerprint density at radius 2 is 1.54 bits per heavy atom. The molecule has 0 saturated heterocycles. The molecule has 64 valence electrons. The van der Waals surface area contributed by atoms with Crippen LogP contribution in [0.15, 0.2) is 0 Å². The number of aliphatic carboxylic acids is 2. The first-order valence-electron chi connectivity index (χ1n) is 2.74. The number of carbonyl (C=O) groups is 2. The van der Waals surface area contributed by atoms with Crippen molar-refractivity contribution in [3.63, 3.8) is 0 Å². The summed E-state index contributed by atoms with van der Waals surface area (Å²) in [6.45, 7) is 0. The van der Waals surface area contributed by atoms with E-state index in [1.807, 2.05) is 0 Å². The monoisotopic (exact) mass is 219 g/mol. The van der Waals surface area contributed by atoms with Gasteiger partial charge in [0, 0.05) is 6.42 Å². The molecule has 0 aliphatic carbocycles. The van der Waals surface area contributed by atoms with Gasteiger partial charge in [0.15, 0.2) is 0 Å². The fourth-order valence-electron chi connectivity index (χ4n) is 0.402. The van der Waals surface area contributed by atoms with Gasteiger partial charge in [-0.3, -0.25) is 9.59 Å². The number of carboxylic acid groups (broad SMARTS) is 2. The Morgan fingerprint density at radius 3 is 1.77 bits per heavy atom. The quantitative estimate of drug-likeness (QED) is 0.447. The van der Waals surface area contributed by atoms with E-state index in [1.54, 1.807) is 0 Å². The van der Waals surface area contributed by atoms with Crippen molar-refractivity contribution < 1.29 is 19.8 Å². The molecular formula is C5H12NNa3O4. The summed E-state index contributed by atoms with van der Waals surface area (Å²) in [6, 6.07) is -1.06. The van der Waals surface area contributed by atoms with E-state index >= 15 is 0 Å². The van der Waals surface area contributed by atoms with Crippen LogP contribution in [0.3, 0.4) is 0 Å². The first-order chi connectivity index (χ1) is 4.54. The van der Waals surface area contributed by atoms with Crippen LogP contribution in [0.5, 0.6) is 0 Å². The van der Waals surface area contributed by atoms with Crippen molar-refractivity contribution in [3.05, 3.63) is 0 Å². The van der Waals surface area contributed by atoms with Gasteiger partial charge in [-0.15, -0.1) is 0 Å². The SMILES string of the molecule is NC(CCC(=O)O)C(=O)O.[NaH].[NaH].[NaH]. The van der Waals surface area contributed by atoms with Crippen LogP contribution in [-0.4, -0.2) is 117 Å². The molecule has 13 heavy (non-hydrogen) atoms. The molecule has 0 saturated carbocycles. The Bertz CT molecular complexity index is 155. The van der Waals surface area contributed by atoms with E-state index in [9.17, 15) is 9.59 Å². The molecule has 0 aromatic rings. The molecule has 0 amide bonds. The summed E-state index contributed by atoms with van der Waals surface area (Å²) >= 11 is 0. The normalized spacial score (nSPS) is 9.62. The van der Waals surface area contributed by atoms with Crippen molar-refractivity contribution in [3.8, 4) is 0 Å². The molecule has 0 bridgehead atoms. The minimum absolute atomic E-state index is 0. The van der Waals surface area contributed by atoms with Gasteiger partial charge in [-0.05, 0) is 6.42 Å². The first-order valence-corrected chi connectivity index (χ1v) is 2.74. The topological polar surface area (TPSA) is 101 Å². The van der Waals surface area contributed by atoms with Crippen LogP contribution in [0.1, 0.15) is 12.8 Å². The number of rotatable bonds is 4. The van der Waals surface area contributed by atoms with Crippen LogP contribution in [-0.2, 0) is 9.59 Å². The third-order valence-corrected chi connectivity index (χ3v) is 0.986. The molecule has 0 rings (SSSR count). The Balaban J connectivity index is -0.000000135. The summed E-state index contributed by atoms with van der Waals surface area (Å²) in [7, 11) is 0. The fourth-order valence-corrected chi connectivity index (χ4v) is 0.402. The zero-order valence-electron chi connectivity index (χ0n) is 5.28. The minimum atomic E-state index is -1.17. The number of carboxylic acids is 2. The third kappa shape index (κ3) is 16.6. The molecule has 8 heteroatoms. The predicted octanol–water partition coefficient (Wildman–Crippen LogP) is -2.68. The summed E-state index contributed by atoms with van der Waals surface area (Å²) < 4.78 is 0. The Morgan fingerprint density at radius 1 is 1.15 bits per heavy atom. The summed E-state index contributed by atoms with van der Waals surface area (Å²) in [5, 5.41) is 16.3. The average molecular weight is 219 g/mol. The molecule has 0 aliphatic heterocycles. The Kier molecular flexibility index (Phi) is 25.9. The van der Waals surface area contributed by atoms with E-state index in [0.717, 1.165) is 0 Å². The van der Waals surface area contributed by atoms with Crippen molar-refractivity contribution >= 4 is 101 Å². The summed E-state index contributed by atoms with van der Waals surface area (Å²) in [5.74, 6) is -2.20. The molecule has 0 aliphatic rings. The molecule has 0 spiro atoms. The fraction of sp³-hybridized carbons (Fsp3) is 0.600. The molecule has 4 N–H and O–H groups in total. The van der Waals surface area contributed by atoms with Crippen LogP contribution in [0, 0.1) is 0 Å². The van der Waals surface area contributed by atoms with Gasteiger partial charge in [0.1, 0.15) is 6.04 Å². The second-order valence-corrected chi connectivity index (χ2v) is 1.88. The van der Waals surface area contributed by atoms with E-state index in [0.29, 0.717) is 0 Å². The van der Waals surface area contributed by atoms with Crippen LogP contribution in [0.4, 0.5) is 0 Å². The van der Waals surface area contributed by atoms with Gasteiger partial charge in [0.25, 0.3) is 0 Å². The second-order valence-electron chi connectivity index (χ2n) is 1.88. The van der Waals surface area contributed by atoms with E-state index in [2.05, 4.69) is 0 Å². The van der Waals surface area contributed by atoms with E-state index in [-0.39, 0.29) is 102 Å².